The molecule has 0 unspecified atom stereocenters. The van der Waals surface area contributed by atoms with Crippen LogP contribution in [0.1, 0.15) is 0 Å². The molecule has 1 fully saturated rings. The molecule has 0 aliphatic carbocycles. The van der Waals surface area contributed by atoms with Crippen LogP contribution in [0.2, 0.25) is 0 Å². The van der Waals surface area contributed by atoms with Crippen LogP contribution in [0.3, 0.4) is 0 Å². The molecule has 1 aliphatic rings. The third kappa shape index (κ3) is 4.62. The Labute approximate surface area is 198 Å². The van der Waals surface area contributed by atoms with Crippen molar-refractivity contribution in [3.05, 3.63) is 73.6 Å². The topological polar surface area (TPSA) is 89.2 Å². The molecule has 34 heavy (non-hydrogen) atoms. The summed E-state index contributed by atoms with van der Waals surface area (Å²) in [6, 6.07) is 16.0. The molecule has 172 valence electrons. The van der Waals surface area contributed by atoms with Crippen molar-refractivity contribution in [2.75, 3.05) is 48.8 Å². The monoisotopic (exact) mass is 453 g/mol. The Balaban J connectivity index is 1.36. The first kappa shape index (κ1) is 21.7. The quantitative estimate of drug-likeness (QED) is 0.378. The highest BCUT2D eigenvalue weighted by Gasteiger charge is 2.14. The molecule has 3 N–H and O–H groups in total. The summed E-state index contributed by atoms with van der Waals surface area (Å²) in [5.74, 6) is 0.278. The van der Waals surface area contributed by atoms with Gasteiger partial charge in [0.05, 0.1) is 11.7 Å². The molecule has 8 heteroatoms. The number of likely N-dealkylation sites (N-methyl/N-ethyl adjacent to an activating group) is 1. The van der Waals surface area contributed by atoms with E-state index in [4.69, 9.17) is 4.98 Å². The van der Waals surface area contributed by atoms with Gasteiger partial charge in [0.1, 0.15) is 5.52 Å². The fraction of sp³-hybridized carbons (Fsp3) is 0.192. The van der Waals surface area contributed by atoms with E-state index in [0.29, 0.717) is 11.6 Å². The molecule has 0 bridgehead atoms. The Kier molecular flexibility index (Phi) is 5.97. The second-order valence-corrected chi connectivity index (χ2v) is 8.39. The molecule has 1 aliphatic heterocycles. The molecule has 2 aromatic heterocycles. The standard InChI is InChI=1S/C26H27N7O/c1-3-24(34)29-20-6-4-5-18(15-20)22-16-27-23-17-28-26(31-25(22)23)30-19-7-9-21(10-8-19)33-13-11-32(2)12-14-33/h3-10,15-17,27H,1,11-14H2,2H3,(H,29,34)(H,28,30,31). The maximum Gasteiger partial charge on any atom is 0.247 e. The molecule has 0 saturated carbocycles. The first-order chi connectivity index (χ1) is 16.6. The summed E-state index contributed by atoms with van der Waals surface area (Å²) in [6.45, 7) is 7.74. The zero-order valence-electron chi connectivity index (χ0n) is 19.1. The van der Waals surface area contributed by atoms with E-state index in [2.05, 4.69) is 68.3 Å². The molecule has 0 atom stereocenters. The molecule has 2 aromatic carbocycles. The predicted octanol–water partition coefficient (Wildman–Crippen LogP) is 4.24. The SMILES string of the molecule is C=CC(=O)Nc1cccc(-c2c[nH]c3cnc(Nc4ccc(N5CCN(C)CC5)cc4)nc23)c1. The number of aromatic nitrogens is 3. The largest absolute Gasteiger partial charge is 0.369 e. The van der Waals surface area contributed by atoms with Crippen LogP contribution < -0.4 is 15.5 Å². The average molecular weight is 454 g/mol. The molecule has 0 radical (unpaired) electrons. The number of aromatic amines is 1. The smallest absolute Gasteiger partial charge is 0.247 e. The van der Waals surface area contributed by atoms with Crippen LogP contribution >= 0.6 is 0 Å². The number of anilines is 4. The number of nitrogens with one attached hydrogen (secondary N) is 3. The fourth-order valence-electron chi connectivity index (χ4n) is 4.10. The van der Waals surface area contributed by atoms with Gasteiger partial charge in [0.25, 0.3) is 0 Å². The maximum atomic E-state index is 11.7. The predicted molar refractivity (Wildman–Crippen MR) is 138 cm³/mol. The van der Waals surface area contributed by atoms with Crippen LogP contribution in [0.5, 0.6) is 0 Å². The van der Waals surface area contributed by atoms with E-state index in [-0.39, 0.29) is 5.91 Å². The fourth-order valence-corrected chi connectivity index (χ4v) is 4.10. The summed E-state index contributed by atoms with van der Waals surface area (Å²) in [5.41, 5.74) is 6.37. The molecule has 1 saturated heterocycles. The Morgan fingerprint density at radius 1 is 1.09 bits per heavy atom. The molecule has 3 heterocycles. The van der Waals surface area contributed by atoms with Gasteiger partial charge in [-0.3, -0.25) is 4.79 Å². The van der Waals surface area contributed by atoms with Gasteiger partial charge in [-0.2, -0.15) is 0 Å². The minimum atomic E-state index is -0.247. The molecule has 5 rings (SSSR count). The van der Waals surface area contributed by atoms with Crippen molar-refractivity contribution in [3.63, 3.8) is 0 Å². The second kappa shape index (κ2) is 9.36. The highest BCUT2D eigenvalue weighted by molar-refractivity contribution is 6.00. The summed E-state index contributed by atoms with van der Waals surface area (Å²) >= 11 is 0. The van der Waals surface area contributed by atoms with Crippen molar-refractivity contribution in [3.8, 4) is 11.1 Å². The molecular weight excluding hydrogens is 426 g/mol. The summed E-state index contributed by atoms with van der Waals surface area (Å²) < 4.78 is 0. The zero-order valence-corrected chi connectivity index (χ0v) is 19.1. The van der Waals surface area contributed by atoms with E-state index in [1.54, 1.807) is 6.20 Å². The maximum absolute atomic E-state index is 11.7. The number of carbonyl (C=O) groups excluding carboxylic acids is 1. The lowest BCUT2D eigenvalue weighted by Crippen LogP contribution is -2.44. The third-order valence-corrected chi connectivity index (χ3v) is 6.03. The highest BCUT2D eigenvalue weighted by Crippen LogP contribution is 2.30. The number of H-pyrrole nitrogens is 1. The number of piperazine rings is 1. The highest BCUT2D eigenvalue weighted by atomic mass is 16.1. The van der Waals surface area contributed by atoms with E-state index >= 15 is 0 Å². The van der Waals surface area contributed by atoms with Crippen LogP contribution in [0.15, 0.2) is 73.6 Å². The number of carbonyl (C=O) groups is 1. The van der Waals surface area contributed by atoms with Gasteiger partial charge >= 0.3 is 0 Å². The van der Waals surface area contributed by atoms with Crippen molar-refractivity contribution in [2.45, 2.75) is 0 Å². The average Bonchev–Trinajstić information content (AvgIpc) is 3.28. The van der Waals surface area contributed by atoms with Gasteiger partial charge in [0.2, 0.25) is 11.9 Å². The zero-order chi connectivity index (χ0) is 23.5. The van der Waals surface area contributed by atoms with E-state index in [0.717, 1.165) is 54.0 Å². The molecule has 8 nitrogen and oxygen atoms in total. The van der Waals surface area contributed by atoms with Crippen molar-refractivity contribution in [1.82, 2.24) is 19.9 Å². The van der Waals surface area contributed by atoms with Gasteiger partial charge in [-0.15, -0.1) is 0 Å². The molecular formula is C26H27N7O. The first-order valence-electron chi connectivity index (χ1n) is 11.3. The minimum absolute atomic E-state index is 0.247. The number of amides is 1. The molecule has 1 amide bonds. The van der Waals surface area contributed by atoms with Crippen LogP contribution in [0.4, 0.5) is 23.0 Å². The van der Waals surface area contributed by atoms with E-state index < -0.39 is 0 Å². The lowest BCUT2D eigenvalue weighted by atomic mass is 10.1. The Hall–Kier alpha value is -4.17. The lowest BCUT2D eigenvalue weighted by Gasteiger charge is -2.34. The van der Waals surface area contributed by atoms with Gasteiger partial charge in [-0.25, -0.2) is 9.97 Å². The molecule has 4 aromatic rings. The number of nitrogens with zero attached hydrogens (tertiary/aromatic N) is 4. The molecule has 0 spiro atoms. The number of fused-ring (bicyclic) bond motifs is 1. The van der Waals surface area contributed by atoms with Gasteiger partial charge < -0.3 is 25.4 Å². The van der Waals surface area contributed by atoms with Gasteiger partial charge in [-0.05, 0) is 55.1 Å². The number of hydrogen-bond donors (Lipinski definition) is 3. The van der Waals surface area contributed by atoms with Crippen LogP contribution in [0.25, 0.3) is 22.2 Å². The van der Waals surface area contributed by atoms with Crippen molar-refractivity contribution < 1.29 is 4.79 Å². The van der Waals surface area contributed by atoms with E-state index in [1.807, 2.05) is 30.5 Å². The number of rotatable bonds is 6. The van der Waals surface area contributed by atoms with Crippen LogP contribution in [-0.2, 0) is 4.79 Å². The van der Waals surface area contributed by atoms with Crippen molar-refractivity contribution >= 4 is 40.0 Å². The summed E-state index contributed by atoms with van der Waals surface area (Å²) in [7, 11) is 2.16. The van der Waals surface area contributed by atoms with Crippen molar-refractivity contribution in [1.29, 1.82) is 0 Å². The normalized spacial score (nSPS) is 14.2. The Bertz CT molecular complexity index is 1320. The number of benzene rings is 2. The van der Waals surface area contributed by atoms with Crippen LogP contribution in [-0.4, -0.2) is 59.0 Å². The minimum Gasteiger partial charge on any atom is -0.369 e. The van der Waals surface area contributed by atoms with Gasteiger partial charge in [-0.1, -0.05) is 18.7 Å². The lowest BCUT2D eigenvalue weighted by molar-refractivity contribution is -0.111. The summed E-state index contributed by atoms with van der Waals surface area (Å²) in [6.07, 6.45) is 4.93. The summed E-state index contributed by atoms with van der Waals surface area (Å²) in [5, 5.41) is 6.11. The van der Waals surface area contributed by atoms with E-state index in [9.17, 15) is 4.79 Å². The van der Waals surface area contributed by atoms with Gasteiger partial charge in [0.15, 0.2) is 0 Å². The Morgan fingerprint density at radius 3 is 2.65 bits per heavy atom. The Morgan fingerprint density at radius 2 is 1.88 bits per heavy atom. The first-order valence-corrected chi connectivity index (χ1v) is 11.3. The van der Waals surface area contributed by atoms with Gasteiger partial charge in [0, 0.05) is 55.0 Å². The van der Waals surface area contributed by atoms with E-state index in [1.165, 1.54) is 11.8 Å². The second-order valence-electron chi connectivity index (χ2n) is 8.39. The van der Waals surface area contributed by atoms with Crippen LogP contribution in [0, 0.1) is 0 Å². The summed E-state index contributed by atoms with van der Waals surface area (Å²) in [4.78, 5) is 28.9. The number of hydrogen-bond acceptors (Lipinski definition) is 6. The van der Waals surface area contributed by atoms with Crippen molar-refractivity contribution in [2.24, 2.45) is 0 Å². The third-order valence-electron chi connectivity index (χ3n) is 6.03.